The van der Waals surface area contributed by atoms with E-state index in [2.05, 4.69) is 41.6 Å². The van der Waals surface area contributed by atoms with Gasteiger partial charge in [0, 0.05) is 4.47 Å². The molecule has 0 atom stereocenters. The molecule has 0 saturated carbocycles. The van der Waals surface area contributed by atoms with Gasteiger partial charge in [-0.1, -0.05) is 0 Å². The van der Waals surface area contributed by atoms with E-state index >= 15 is 0 Å². The first kappa shape index (κ1) is 15.9. The third-order valence-electron chi connectivity index (χ3n) is 2.45. The number of aromatic nitrogens is 1. The van der Waals surface area contributed by atoms with Gasteiger partial charge in [0.05, 0.1) is 17.4 Å². The van der Waals surface area contributed by atoms with E-state index in [1.165, 1.54) is 24.4 Å². The van der Waals surface area contributed by atoms with Crippen LogP contribution in [0.25, 0.3) is 0 Å². The molecule has 1 aromatic carbocycles. The van der Waals surface area contributed by atoms with Gasteiger partial charge in [-0.2, -0.15) is 0 Å². The molecule has 0 fully saturated rings. The van der Waals surface area contributed by atoms with Crippen molar-refractivity contribution < 1.29 is 18.3 Å². The maximum atomic E-state index is 12.3. The molecule has 0 aliphatic heterocycles. The Morgan fingerprint density at radius 2 is 1.90 bits per heavy atom. The highest BCUT2D eigenvalue weighted by atomic mass is 79.9. The largest absolute Gasteiger partial charge is 0.478 e. The zero-order valence-electron chi connectivity index (χ0n) is 10.2. The monoisotopic (exact) mass is 434 g/mol. The number of carbonyl (C=O) groups is 1. The topological polar surface area (TPSA) is 96.4 Å². The molecule has 2 N–H and O–H groups in total. The Morgan fingerprint density at radius 3 is 2.48 bits per heavy atom. The van der Waals surface area contributed by atoms with Gasteiger partial charge in [-0.25, -0.2) is 18.2 Å². The number of rotatable bonds is 4. The van der Waals surface area contributed by atoms with Crippen LogP contribution in [0.15, 0.2) is 50.5 Å². The van der Waals surface area contributed by atoms with Crippen LogP contribution in [0.1, 0.15) is 10.4 Å². The van der Waals surface area contributed by atoms with E-state index in [9.17, 15) is 13.2 Å². The summed E-state index contributed by atoms with van der Waals surface area (Å²) in [6.07, 6.45) is 1.34. The van der Waals surface area contributed by atoms with Crippen molar-refractivity contribution in [2.24, 2.45) is 0 Å². The van der Waals surface area contributed by atoms with Crippen molar-refractivity contribution in [2.45, 2.75) is 4.90 Å². The van der Waals surface area contributed by atoms with Gasteiger partial charge in [0.2, 0.25) is 0 Å². The van der Waals surface area contributed by atoms with E-state index in [1.54, 1.807) is 6.07 Å². The van der Waals surface area contributed by atoms with Gasteiger partial charge in [-0.15, -0.1) is 0 Å². The lowest BCUT2D eigenvalue weighted by Gasteiger charge is -2.10. The predicted molar refractivity (Wildman–Crippen MR) is 83.8 cm³/mol. The molecule has 0 spiro atoms. The van der Waals surface area contributed by atoms with Crippen molar-refractivity contribution in [3.63, 3.8) is 0 Å². The summed E-state index contributed by atoms with van der Waals surface area (Å²) in [7, 11) is -3.93. The number of anilines is 1. The highest BCUT2D eigenvalue weighted by Gasteiger charge is 2.20. The van der Waals surface area contributed by atoms with Crippen LogP contribution in [0.2, 0.25) is 0 Å². The molecule has 6 nitrogen and oxygen atoms in total. The van der Waals surface area contributed by atoms with Crippen LogP contribution in [0, 0.1) is 0 Å². The van der Waals surface area contributed by atoms with Crippen LogP contribution >= 0.6 is 31.9 Å². The minimum Gasteiger partial charge on any atom is -0.478 e. The van der Waals surface area contributed by atoms with Gasteiger partial charge in [-0.05, 0) is 62.2 Å². The molecule has 21 heavy (non-hydrogen) atoms. The number of carboxylic acids is 1. The van der Waals surface area contributed by atoms with Crippen LogP contribution in [-0.4, -0.2) is 24.5 Å². The zero-order valence-corrected chi connectivity index (χ0v) is 14.2. The van der Waals surface area contributed by atoms with Gasteiger partial charge in [0.25, 0.3) is 10.0 Å². The summed E-state index contributed by atoms with van der Waals surface area (Å²) in [5.41, 5.74) is 0.151. The summed E-state index contributed by atoms with van der Waals surface area (Å²) in [5, 5.41) is 8.94. The number of hydrogen-bond donors (Lipinski definition) is 2. The fourth-order valence-electron chi connectivity index (χ4n) is 1.49. The standard InChI is InChI=1S/C12H8Br2N2O4S/c13-9-3-1-7(12(17)18)5-10(9)21(19,20)16-8-2-4-11(14)15-6-8/h1-6,16H,(H,17,18). The first-order valence-electron chi connectivity index (χ1n) is 5.47. The van der Waals surface area contributed by atoms with Crippen molar-refractivity contribution in [1.82, 2.24) is 4.98 Å². The number of aromatic carboxylic acids is 1. The molecule has 2 aromatic rings. The lowest BCUT2D eigenvalue weighted by Crippen LogP contribution is -2.14. The smallest absolute Gasteiger partial charge is 0.335 e. The van der Waals surface area contributed by atoms with E-state index in [1.807, 2.05) is 0 Å². The summed E-state index contributed by atoms with van der Waals surface area (Å²) in [5.74, 6) is -1.20. The van der Waals surface area contributed by atoms with Gasteiger partial charge in [0.1, 0.15) is 9.50 Å². The predicted octanol–water partition coefficient (Wildman–Crippen LogP) is 3.11. The van der Waals surface area contributed by atoms with Gasteiger partial charge in [0.15, 0.2) is 0 Å². The fraction of sp³-hybridized carbons (Fsp3) is 0. The summed E-state index contributed by atoms with van der Waals surface area (Å²) < 4.78 is 27.8. The molecule has 0 bridgehead atoms. The fourth-order valence-corrected chi connectivity index (χ4v) is 3.76. The average molecular weight is 436 g/mol. The highest BCUT2D eigenvalue weighted by molar-refractivity contribution is 9.10. The molecule has 110 valence electrons. The van der Waals surface area contributed by atoms with Crippen LogP contribution in [0.3, 0.4) is 0 Å². The minimum atomic E-state index is -3.93. The molecular formula is C12H8Br2N2O4S. The van der Waals surface area contributed by atoms with Crippen molar-refractivity contribution in [2.75, 3.05) is 4.72 Å². The molecule has 0 aliphatic carbocycles. The van der Waals surface area contributed by atoms with E-state index < -0.39 is 16.0 Å². The Morgan fingerprint density at radius 1 is 1.19 bits per heavy atom. The first-order valence-corrected chi connectivity index (χ1v) is 8.54. The molecule has 0 saturated heterocycles. The summed E-state index contributed by atoms with van der Waals surface area (Å²) in [6.45, 7) is 0. The van der Waals surface area contributed by atoms with E-state index in [-0.39, 0.29) is 20.6 Å². The molecule has 0 amide bonds. The number of nitrogens with one attached hydrogen (secondary N) is 1. The molecule has 2 rings (SSSR count). The number of carboxylic acid groups (broad SMARTS) is 1. The molecule has 1 aromatic heterocycles. The summed E-state index contributed by atoms with van der Waals surface area (Å²) in [6, 6.07) is 6.88. The van der Waals surface area contributed by atoms with Gasteiger partial charge >= 0.3 is 5.97 Å². The minimum absolute atomic E-state index is 0.118. The van der Waals surface area contributed by atoms with E-state index in [0.717, 1.165) is 6.07 Å². The maximum Gasteiger partial charge on any atom is 0.335 e. The molecule has 1 heterocycles. The second-order valence-electron chi connectivity index (χ2n) is 3.93. The number of nitrogens with zero attached hydrogens (tertiary/aromatic N) is 1. The molecular weight excluding hydrogens is 428 g/mol. The maximum absolute atomic E-state index is 12.3. The third-order valence-corrected chi connectivity index (χ3v) is 5.29. The Hall–Kier alpha value is -1.45. The summed E-state index contributed by atoms with van der Waals surface area (Å²) in [4.78, 5) is 14.7. The molecule has 0 radical (unpaired) electrons. The van der Waals surface area contributed by atoms with Crippen LogP contribution < -0.4 is 4.72 Å². The van der Waals surface area contributed by atoms with Gasteiger partial charge in [-0.3, -0.25) is 4.72 Å². The molecule has 0 aliphatic rings. The SMILES string of the molecule is O=C(O)c1ccc(Br)c(S(=O)(=O)Nc2ccc(Br)nc2)c1. The molecule has 0 unspecified atom stereocenters. The third kappa shape index (κ3) is 3.80. The normalized spacial score (nSPS) is 11.1. The number of hydrogen-bond acceptors (Lipinski definition) is 4. The number of halogens is 2. The number of benzene rings is 1. The van der Waals surface area contributed by atoms with Crippen LogP contribution in [0.4, 0.5) is 5.69 Å². The Labute approximate surface area is 137 Å². The van der Waals surface area contributed by atoms with Crippen LogP contribution in [-0.2, 0) is 10.0 Å². The molecule has 9 heteroatoms. The lowest BCUT2D eigenvalue weighted by molar-refractivity contribution is 0.0696. The number of sulfonamides is 1. The van der Waals surface area contributed by atoms with E-state index in [0.29, 0.717) is 4.60 Å². The summed E-state index contributed by atoms with van der Waals surface area (Å²) >= 11 is 6.25. The first-order chi connectivity index (χ1) is 9.79. The average Bonchev–Trinajstić information content (AvgIpc) is 2.41. The quantitative estimate of drug-likeness (QED) is 0.719. The Bertz CT molecular complexity index is 791. The van der Waals surface area contributed by atoms with Crippen molar-refractivity contribution in [1.29, 1.82) is 0 Å². The van der Waals surface area contributed by atoms with Crippen LogP contribution in [0.5, 0.6) is 0 Å². The van der Waals surface area contributed by atoms with Crippen molar-refractivity contribution >= 4 is 53.5 Å². The Balaban J connectivity index is 2.41. The Kier molecular flexibility index (Phi) is 4.64. The zero-order chi connectivity index (χ0) is 15.6. The van der Waals surface area contributed by atoms with E-state index in [4.69, 9.17) is 5.11 Å². The second kappa shape index (κ2) is 6.12. The number of pyridine rings is 1. The van der Waals surface area contributed by atoms with Crippen molar-refractivity contribution in [3.05, 3.63) is 51.2 Å². The second-order valence-corrected chi connectivity index (χ2v) is 7.24. The van der Waals surface area contributed by atoms with Gasteiger partial charge < -0.3 is 5.11 Å². The van der Waals surface area contributed by atoms with Crippen molar-refractivity contribution in [3.8, 4) is 0 Å². The highest BCUT2D eigenvalue weighted by Crippen LogP contribution is 2.25. The lowest BCUT2D eigenvalue weighted by atomic mass is 10.2.